The van der Waals surface area contributed by atoms with Gasteiger partial charge in [0.25, 0.3) is 0 Å². The van der Waals surface area contributed by atoms with E-state index < -0.39 is 0 Å². The van der Waals surface area contributed by atoms with Crippen LogP contribution < -0.4 is 5.32 Å². The molecule has 4 atom stereocenters. The summed E-state index contributed by atoms with van der Waals surface area (Å²) in [6, 6.07) is 6.95. The summed E-state index contributed by atoms with van der Waals surface area (Å²) >= 11 is 0. The number of ether oxygens (including phenoxy) is 1. The maximum absolute atomic E-state index is 5.95. The van der Waals surface area contributed by atoms with Crippen LogP contribution in [0.3, 0.4) is 0 Å². The zero-order valence-electron chi connectivity index (χ0n) is 12.1. The lowest BCUT2D eigenvalue weighted by atomic mass is 9.55. The highest BCUT2D eigenvalue weighted by atomic mass is 16.5. The van der Waals surface area contributed by atoms with Crippen LogP contribution >= 0.6 is 0 Å². The Bertz CT molecular complexity index is 432. The van der Waals surface area contributed by atoms with Crippen molar-refractivity contribution in [2.45, 2.75) is 51.8 Å². The van der Waals surface area contributed by atoms with Gasteiger partial charge in [0.2, 0.25) is 0 Å². The molecule has 4 unspecified atom stereocenters. The van der Waals surface area contributed by atoms with Gasteiger partial charge in [-0.15, -0.1) is 0 Å². The van der Waals surface area contributed by atoms with E-state index in [1.807, 2.05) is 12.3 Å². The third-order valence-electron chi connectivity index (χ3n) is 4.89. The van der Waals surface area contributed by atoms with E-state index >= 15 is 0 Å². The van der Waals surface area contributed by atoms with E-state index in [-0.39, 0.29) is 5.41 Å². The van der Waals surface area contributed by atoms with Crippen molar-refractivity contribution in [3.05, 3.63) is 30.1 Å². The molecular formula is C16H24N2O. The molecule has 2 fully saturated rings. The first-order valence-electron chi connectivity index (χ1n) is 7.39. The predicted octanol–water partition coefficient (Wildman–Crippen LogP) is 2.94. The van der Waals surface area contributed by atoms with Gasteiger partial charge in [-0.1, -0.05) is 19.9 Å². The Kier molecular flexibility index (Phi) is 3.35. The third-order valence-corrected chi connectivity index (χ3v) is 4.89. The molecule has 0 bridgehead atoms. The molecule has 1 aliphatic heterocycles. The van der Waals surface area contributed by atoms with E-state index in [0.29, 0.717) is 24.1 Å². The lowest BCUT2D eigenvalue weighted by Crippen LogP contribution is -2.69. The molecule has 0 spiro atoms. The van der Waals surface area contributed by atoms with Crippen molar-refractivity contribution in [2.75, 3.05) is 6.61 Å². The predicted molar refractivity (Wildman–Crippen MR) is 75.8 cm³/mol. The van der Waals surface area contributed by atoms with E-state index in [9.17, 15) is 0 Å². The van der Waals surface area contributed by atoms with Crippen molar-refractivity contribution in [2.24, 2.45) is 11.3 Å². The highest BCUT2D eigenvalue weighted by Crippen LogP contribution is 2.51. The molecule has 3 heteroatoms. The summed E-state index contributed by atoms with van der Waals surface area (Å²) < 4.78 is 5.95. The molecule has 1 aromatic heterocycles. The topological polar surface area (TPSA) is 34.1 Å². The van der Waals surface area contributed by atoms with Crippen LogP contribution in [0, 0.1) is 11.3 Å². The maximum Gasteiger partial charge on any atom is 0.0684 e. The van der Waals surface area contributed by atoms with Gasteiger partial charge in [0, 0.05) is 36.2 Å². The molecule has 1 N–H and O–H groups in total. The number of hydrogen-bond acceptors (Lipinski definition) is 3. The van der Waals surface area contributed by atoms with E-state index in [1.54, 1.807) is 0 Å². The van der Waals surface area contributed by atoms with Gasteiger partial charge in [0.15, 0.2) is 0 Å². The van der Waals surface area contributed by atoms with Crippen molar-refractivity contribution in [1.82, 2.24) is 10.3 Å². The smallest absolute Gasteiger partial charge is 0.0684 e. The van der Waals surface area contributed by atoms with Gasteiger partial charge in [-0.2, -0.15) is 0 Å². The van der Waals surface area contributed by atoms with Gasteiger partial charge in [-0.25, -0.2) is 0 Å². The Hall–Kier alpha value is -0.930. The highest BCUT2D eigenvalue weighted by molar-refractivity contribution is 5.14. The van der Waals surface area contributed by atoms with Crippen LogP contribution in [-0.4, -0.2) is 23.7 Å². The number of rotatable bonds is 3. The number of hydrogen-bond donors (Lipinski definition) is 1. The average molecular weight is 260 g/mol. The summed E-state index contributed by atoms with van der Waals surface area (Å²) in [7, 11) is 0. The minimum absolute atomic E-state index is 0.230. The summed E-state index contributed by atoms with van der Waals surface area (Å²) in [5, 5.41) is 3.78. The average Bonchev–Trinajstić information content (AvgIpc) is 2.45. The van der Waals surface area contributed by atoms with E-state index in [0.717, 1.165) is 12.3 Å². The van der Waals surface area contributed by atoms with Crippen LogP contribution in [0.2, 0.25) is 0 Å². The van der Waals surface area contributed by atoms with Crippen LogP contribution in [0.1, 0.15) is 45.3 Å². The van der Waals surface area contributed by atoms with E-state index in [1.165, 1.54) is 12.8 Å². The Morgan fingerprint density at radius 3 is 3.00 bits per heavy atom. The quantitative estimate of drug-likeness (QED) is 0.907. The molecule has 1 aliphatic carbocycles. The van der Waals surface area contributed by atoms with Gasteiger partial charge in [0.05, 0.1) is 11.8 Å². The lowest BCUT2D eigenvalue weighted by Gasteiger charge is -2.60. The van der Waals surface area contributed by atoms with Crippen molar-refractivity contribution < 1.29 is 4.74 Å². The van der Waals surface area contributed by atoms with Crippen molar-refractivity contribution in [3.8, 4) is 0 Å². The molecule has 19 heavy (non-hydrogen) atoms. The summed E-state index contributed by atoms with van der Waals surface area (Å²) in [6.45, 7) is 7.78. The molecular weight excluding hydrogens is 236 g/mol. The number of nitrogens with one attached hydrogen (secondary N) is 1. The van der Waals surface area contributed by atoms with Crippen LogP contribution in [0.25, 0.3) is 0 Å². The Morgan fingerprint density at radius 1 is 1.42 bits per heavy atom. The van der Waals surface area contributed by atoms with Crippen LogP contribution in [0.15, 0.2) is 24.4 Å². The molecule has 2 heterocycles. The molecule has 1 aromatic rings. The molecule has 3 nitrogen and oxygen atoms in total. The van der Waals surface area contributed by atoms with Crippen LogP contribution in [-0.2, 0) is 4.74 Å². The van der Waals surface area contributed by atoms with Crippen LogP contribution in [0.4, 0.5) is 0 Å². The normalized spacial score (nSPS) is 34.2. The second-order valence-corrected chi connectivity index (χ2v) is 6.54. The first-order chi connectivity index (χ1) is 9.10. The third kappa shape index (κ3) is 2.19. The lowest BCUT2D eigenvalue weighted by molar-refractivity contribution is -0.194. The molecule has 1 saturated heterocycles. The zero-order valence-corrected chi connectivity index (χ0v) is 12.1. The second kappa shape index (κ2) is 4.88. The number of nitrogens with zero attached hydrogens (tertiary/aromatic N) is 1. The molecule has 3 rings (SSSR count). The van der Waals surface area contributed by atoms with E-state index in [2.05, 4.69) is 43.2 Å². The molecule has 2 aliphatic rings. The fourth-order valence-corrected chi connectivity index (χ4v) is 3.85. The summed E-state index contributed by atoms with van der Waals surface area (Å²) in [5.74, 6) is 0.676. The Morgan fingerprint density at radius 2 is 2.26 bits per heavy atom. The van der Waals surface area contributed by atoms with Crippen molar-refractivity contribution >= 4 is 0 Å². The Labute approximate surface area is 115 Å². The first kappa shape index (κ1) is 13.1. The standard InChI is InChI=1S/C16H24N2O/c1-11(13-8-4-5-9-17-13)18-14-12-7-6-10-19-15(12)16(14,2)3/h4-5,8-9,11-12,14-15,18H,6-7,10H2,1-3H3. The van der Waals surface area contributed by atoms with Gasteiger partial charge >= 0.3 is 0 Å². The summed E-state index contributed by atoms with van der Waals surface area (Å²) in [6.07, 6.45) is 4.80. The number of aromatic nitrogens is 1. The highest BCUT2D eigenvalue weighted by Gasteiger charge is 2.57. The number of fused-ring (bicyclic) bond motifs is 1. The molecule has 0 amide bonds. The minimum Gasteiger partial charge on any atom is -0.377 e. The van der Waals surface area contributed by atoms with Crippen molar-refractivity contribution in [1.29, 1.82) is 0 Å². The first-order valence-corrected chi connectivity index (χ1v) is 7.39. The summed E-state index contributed by atoms with van der Waals surface area (Å²) in [5.41, 5.74) is 1.35. The molecule has 104 valence electrons. The monoisotopic (exact) mass is 260 g/mol. The van der Waals surface area contributed by atoms with Gasteiger partial charge in [-0.3, -0.25) is 4.98 Å². The fourth-order valence-electron chi connectivity index (χ4n) is 3.85. The van der Waals surface area contributed by atoms with Gasteiger partial charge in [-0.05, 0) is 31.9 Å². The van der Waals surface area contributed by atoms with Crippen LogP contribution in [0.5, 0.6) is 0 Å². The Balaban J connectivity index is 1.69. The molecule has 0 aromatic carbocycles. The number of pyridine rings is 1. The second-order valence-electron chi connectivity index (χ2n) is 6.54. The minimum atomic E-state index is 0.230. The molecule has 1 saturated carbocycles. The van der Waals surface area contributed by atoms with E-state index in [4.69, 9.17) is 4.74 Å². The SMILES string of the molecule is CC(NC1C2CCCOC2C1(C)C)c1ccccn1. The maximum atomic E-state index is 5.95. The fraction of sp³-hybridized carbons (Fsp3) is 0.688. The molecule has 0 radical (unpaired) electrons. The largest absolute Gasteiger partial charge is 0.377 e. The van der Waals surface area contributed by atoms with Crippen molar-refractivity contribution in [3.63, 3.8) is 0 Å². The van der Waals surface area contributed by atoms with Gasteiger partial charge in [0.1, 0.15) is 0 Å². The van der Waals surface area contributed by atoms with Gasteiger partial charge < -0.3 is 10.1 Å². The zero-order chi connectivity index (χ0) is 13.5. The summed E-state index contributed by atoms with van der Waals surface area (Å²) in [4.78, 5) is 4.45.